The third-order valence-corrected chi connectivity index (χ3v) is 5.95. The SMILES string of the molecule is CNCCS(=O)(=O)N1CCC2CCC(C1)N2C. The van der Waals surface area contributed by atoms with Crippen LogP contribution < -0.4 is 5.32 Å². The third kappa shape index (κ3) is 2.81. The molecule has 100 valence electrons. The van der Waals surface area contributed by atoms with E-state index in [1.807, 2.05) is 0 Å². The first-order chi connectivity index (χ1) is 8.04. The number of hydrogen-bond donors (Lipinski definition) is 1. The van der Waals surface area contributed by atoms with E-state index in [0.717, 1.165) is 12.8 Å². The van der Waals surface area contributed by atoms with Gasteiger partial charge in [0.15, 0.2) is 0 Å². The zero-order valence-electron chi connectivity index (χ0n) is 10.7. The van der Waals surface area contributed by atoms with Crippen molar-refractivity contribution in [2.45, 2.75) is 31.3 Å². The summed E-state index contributed by atoms with van der Waals surface area (Å²) in [5.74, 6) is 0.213. The van der Waals surface area contributed by atoms with Crippen LogP contribution in [-0.2, 0) is 10.0 Å². The second-order valence-electron chi connectivity index (χ2n) is 5.12. The maximum absolute atomic E-state index is 12.1. The molecule has 0 spiro atoms. The number of hydrogen-bond acceptors (Lipinski definition) is 4. The van der Waals surface area contributed by atoms with Gasteiger partial charge < -0.3 is 5.32 Å². The molecule has 17 heavy (non-hydrogen) atoms. The zero-order valence-corrected chi connectivity index (χ0v) is 11.5. The van der Waals surface area contributed by atoms with Crippen molar-refractivity contribution in [3.05, 3.63) is 0 Å². The maximum Gasteiger partial charge on any atom is 0.215 e. The average molecular weight is 261 g/mol. The largest absolute Gasteiger partial charge is 0.319 e. The number of fused-ring (bicyclic) bond motifs is 2. The summed E-state index contributed by atoms with van der Waals surface area (Å²) >= 11 is 0. The van der Waals surface area contributed by atoms with E-state index in [2.05, 4.69) is 17.3 Å². The minimum absolute atomic E-state index is 0.213. The number of nitrogens with one attached hydrogen (secondary N) is 1. The van der Waals surface area contributed by atoms with Gasteiger partial charge in [0.1, 0.15) is 0 Å². The van der Waals surface area contributed by atoms with Gasteiger partial charge in [-0.2, -0.15) is 0 Å². The van der Waals surface area contributed by atoms with E-state index >= 15 is 0 Å². The van der Waals surface area contributed by atoms with Crippen LogP contribution in [0.5, 0.6) is 0 Å². The topological polar surface area (TPSA) is 52.7 Å². The summed E-state index contributed by atoms with van der Waals surface area (Å²) < 4.78 is 26.0. The highest BCUT2D eigenvalue weighted by atomic mass is 32.2. The summed E-state index contributed by atoms with van der Waals surface area (Å²) in [6, 6.07) is 1.01. The lowest BCUT2D eigenvalue weighted by atomic mass is 10.1. The van der Waals surface area contributed by atoms with Crippen LogP contribution in [0.3, 0.4) is 0 Å². The van der Waals surface area contributed by atoms with E-state index in [-0.39, 0.29) is 5.75 Å². The van der Waals surface area contributed by atoms with Gasteiger partial charge in [0.2, 0.25) is 10.0 Å². The van der Waals surface area contributed by atoms with Crippen LogP contribution in [0.2, 0.25) is 0 Å². The highest BCUT2D eigenvalue weighted by molar-refractivity contribution is 7.89. The van der Waals surface area contributed by atoms with E-state index in [0.29, 0.717) is 31.7 Å². The van der Waals surface area contributed by atoms with Crippen molar-refractivity contribution in [1.82, 2.24) is 14.5 Å². The average Bonchev–Trinajstić information content (AvgIpc) is 2.49. The molecule has 0 radical (unpaired) electrons. The van der Waals surface area contributed by atoms with Crippen LogP contribution in [0, 0.1) is 0 Å². The lowest BCUT2D eigenvalue weighted by Gasteiger charge is -2.25. The summed E-state index contributed by atoms with van der Waals surface area (Å²) in [4.78, 5) is 2.37. The molecule has 2 fully saturated rings. The summed E-state index contributed by atoms with van der Waals surface area (Å²) in [5, 5.41) is 2.91. The van der Waals surface area contributed by atoms with E-state index in [1.54, 1.807) is 11.4 Å². The van der Waals surface area contributed by atoms with Crippen molar-refractivity contribution in [3.8, 4) is 0 Å². The molecule has 0 aromatic carbocycles. The van der Waals surface area contributed by atoms with Gasteiger partial charge in [0.05, 0.1) is 5.75 Å². The van der Waals surface area contributed by atoms with Crippen LogP contribution >= 0.6 is 0 Å². The molecule has 2 saturated heterocycles. The van der Waals surface area contributed by atoms with E-state index < -0.39 is 10.0 Å². The minimum atomic E-state index is -3.07. The van der Waals surface area contributed by atoms with Gasteiger partial charge in [0, 0.05) is 31.7 Å². The molecule has 2 heterocycles. The summed E-state index contributed by atoms with van der Waals surface area (Å²) in [7, 11) is 0.846. The van der Waals surface area contributed by atoms with Gasteiger partial charge in [-0.05, 0) is 33.4 Å². The van der Waals surface area contributed by atoms with Crippen LogP contribution in [0.4, 0.5) is 0 Å². The highest BCUT2D eigenvalue weighted by Gasteiger charge is 2.37. The molecule has 0 aromatic heterocycles. The molecule has 2 atom stereocenters. The molecule has 2 aliphatic rings. The molecule has 2 unspecified atom stereocenters. The first-order valence-electron chi connectivity index (χ1n) is 6.39. The third-order valence-electron chi connectivity index (χ3n) is 4.11. The second kappa shape index (κ2) is 5.22. The maximum atomic E-state index is 12.1. The quantitative estimate of drug-likeness (QED) is 0.755. The molecule has 0 aliphatic carbocycles. The molecule has 2 bridgehead atoms. The molecular weight excluding hydrogens is 238 g/mol. The smallest absolute Gasteiger partial charge is 0.215 e. The predicted octanol–water partition coefficient (Wildman–Crippen LogP) is -0.296. The zero-order chi connectivity index (χ0) is 12.5. The fourth-order valence-corrected chi connectivity index (χ4v) is 4.39. The Morgan fingerprint density at radius 1 is 1.24 bits per heavy atom. The van der Waals surface area contributed by atoms with Crippen molar-refractivity contribution in [3.63, 3.8) is 0 Å². The molecule has 0 amide bonds. The number of nitrogens with zero attached hydrogens (tertiary/aromatic N) is 2. The Morgan fingerprint density at radius 3 is 2.65 bits per heavy atom. The van der Waals surface area contributed by atoms with Crippen LogP contribution in [0.25, 0.3) is 0 Å². The summed E-state index contributed by atoms with van der Waals surface area (Å²) in [6.07, 6.45) is 3.34. The van der Waals surface area contributed by atoms with E-state index in [4.69, 9.17) is 0 Å². The standard InChI is InChI=1S/C11H23N3O2S/c1-12-6-8-17(15,16)14-7-5-10-3-4-11(9-14)13(10)2/h10-12H,3-9H2,1-2H3. The number of sulfonamides is 1. The number of likely N-dealkylation sites (N-methyl/N-ethyl adjacent to an activating group) is 1. The van der Waals surface area contributed by atoms with Crippen molar-refractivity contribution < 1.29 is 8.42 Å². The van der Waals surface area contributed by atoms with Crippen molar-refractivity contribution in [1.29, 1.82) is 0 Å². The molecule has 2 rings (SSSR count). The fraction of sp³-hybridized carbons (Fsp3) is 1.00. The second-order valence-corrected chi connectivity index (χ2v) is 7.21. The van der Waals surface area contributed by atoms with Gasteiger partial charge in [-0.1, -0.05) is 0 Å². The first-order valence-corrected chi connectivity index (χ1v) is 8.00. The Morgan fingerprint density at radius 2 is 1.94 bits per heavy atom. The molecule has 6 heteroatoms. The molecule has 1 N–H and O–H groups in total. The van der Waals surface area contributed by atoms with Gasteiger partial charge in [-0.15, -0.1) is 0 Å². The lowest BCUT2D eigenvalue weighted by molar-refractivity contribution is 0.246. The first kappa shape index (κ1) is 13.3. The molecule has 0 saturated carbocycles. The van der Waals surface area contributed by atoms with Gasteiger partial charge >= 0.3 is 0 Å². The monoisotopic (exact) mass is 261 g/mol. The Hall–Kier alpha value is -0.170. The molecule has 2 aliphatic heterocycles. The van der Waals surface area contributed by atoms with Crippen molar-refractivity contribution >= 4 is 10.0 Å². The van der Waals surface area contributed by atoms with Crippen LogP contribution in [0.15, 0.2) is 0 Å². The normalized spacial score (nSPS) is 31.6. The van der Waals surface area contributed by atoms with Crippen LogP contribution in [-0.4, -0.2) is 69.2 Å². The predicted molar refractivity (Wildman–Crippen MR) is 68.5 cm³/mol. The van der Waals surface area contributed by atoms with Crippen molar-refractivity contribution in [2.75, 3.05) is 39.5 Å². The van der Waals surface area contributed by atoms with E-state index in [9.17, 15) is 8.42 Å². The summed E-state index contributed by atoms with van der Waals surface area (Å²) in [6.45, 7) is 1.90. The minimum Gasteiger partial charge on any atom is -0.319 e. The van der Waals surface area contributed by atoms with Crippen LogP contribution in [0.1, 0.15) is 19.3 Å². The molecular formula is C11H23N3O2S. The Labute approximate surface area is 104 Å². The fourth-order valence-electron chi connectivity index (χ4n) is 2.89. The van der Waals surface area contributed by atoms with E-state index in [1.165, 1.54) is 6.42 Å². The Bertz CT molecular complexity index is 358. The Kier molecular flexibility index (Phi) is 4.07. The lowest BCUT2D eigenvalue weighted by Crippen LogP contribution is -2.41. The molecule has 5 nitrogen and oxygen atoms in total. The van der Waals surface area contributed by atoms with Gasteiger partial charge in [-0.25, -0.2) is 12.7 Å². The van der Waals surface area contributed by atoms with Gasteiger partial charge in [0.25, 0.3) is 0 Å². The van der Waals surface area contributed by atoms with Crippen molar-refractivity contribution in [2.24, 2.45) is 0 Å². The Balaban J connectivity index is 2.03. The van der Waals surface area contributed by atoms with Gasteiger partial charge in [-0.3, -0.25) is 4.90 Å². The molecule has 0 aromatic rings. The summed E-state index contributed by atoms with van der Waals surface area (Å²) in [5.41, 5.74) is 0. The number of rotatable bonds is 4. The highest BCUT2D eigenvalue weighted by Crippen LogP contribution is 2.29.